The van der Waals surface area contributed by atoms with Gasteiger partial charge in [-0.2, -0.15) is 5.10 Å². The number of carbonyl (C=O) groups excluding carboxylic acids is 1. The first-order chi connectivity index (χ1) is 9.47. The number of amides is 1. The zero-order valence-corrected chi connectivity index (χ0v) is 12.3. The number of ether oxygens (including phenoxy) is 1. The van der Waals surface area contributed by atoms with Crippen molar-refractivity contribution in [2.24, 2.45) is 7.05 Å². The molecule has 0 saturated carbocycles. The monoisotopic (exact) mass is 274 g/mol. The highest BCUT2D eigenvalue weighted by molar-refractivity contribution is 6.07. The summed E-state index contributed by atoms with van der Waals surface area (Å²) in [6.45, 7) is 3.69. The number of rotatable bonds is 3. The number of hydrogen-bond donors (Lipinski definition) is 0. The van der Waals surface area contributed by atoms with Gasteiger partial charge < -0.3 is 4.74 Å². The first kappa shape index (κ1) is 14.0. The van der Waals surface area contributed by atoms with E-state index in [0.29, 0.717) is 22.8 Å². The molecule has 0 atom stereocenters. The summed E-state index contributed by atoms with van der Waals surface area (Å²) >= 11 is 0. The molecule has 2 aromatic rings. The highest BCUT2D eigenvalue weighted by atomic mass is 16.5. The van der Waals surface area contributed by atoms with E-state index < -0.39 is 0 Å². The highest BCUT2D eigenvalue weighted by Crippen LogP contribution is 2.26. The molecule has 0 aromatic carbocycles. The number of aryl methyl sites for hydroxylation is 2. The van der Waals surface area contributed by atoms with Gasteiger partial charge in [-0.05, 0) is 26.0 Å². The molecule has 0 aliphatic carbocycles. The number of hydrogen-bond acceptors (Lipinski definition) is 4. The van der Waals surface area contributed by atoms with Crippen molar-refractivity contribution in [3.63, 3.8) is 0 Å². The van der Waals surface area contributed by atoms with Gasteiger partial charge in [0.2, 0.25) is 0 Å². The molecule has 0 fully saturated rings. The second-order valence-electron chi connectivity index (χ2n) is 4.56. The molecule has 0 radical (unpaired) electrons. The molecule has 2 aromatic heterocycles. The van der Waals surface area contributed by atoms with Crippen LogP contribution in [-0.2, 0) is 7.05 Å². The van der Waals surface area contributed by atoms with Crippen molar-refractivity contribution in [2.45, 2.75) is 13.8 Å². The van der Waals surface area contributed by atoms with E-state index in [2.05, 4.69) is 10.1 Å². The maximum atomic E-state index is 12.6. The summed E-state index contributed by atoms with van der Waals surface area (Å²) in [6, 6.07) is 3.54. The predicted octanol–water partition coefficient (Wildman–Crippen LogP) is 1.72. The first-order valence-corrected chi connectivity index (χ1v) is 6.24. The van der Waals surface area contributed by atoms with Crippen LogP contribution in [0.2, 0.25) is 0 Å². The van der Waals surface area contributed by atoms with Crippen LogP contribution >= 0.6 is 0 Å². The maximum absolute atomic E-state index is 12.6. The van der Waals surface area contributed by atoms with Gasteiger partial charge in [0, 0.05) is 26.0 Å². The average Bonchev–Trinajstić information content (AvgIpc) is 2.70. The molecule has 106 valence electrons. The standard InChI is InChI=1S/C14H18N4O2/c1-9-12(10(2)18(4)16-9)14(19)17(3)13-11(20-5)7-6-8-15-13/h6-8H,1-5H3. The van der Waals surface area contributed by atoms with Crippen molar-refractivity contribution in [1.82, 2.24) is 14.8 Å². The van der Waals surface area contributed by atoms with Crippen molar-refractivity contribution in [2.75, 3.05) is 19.1 Å². The molecular formula is C14H18N4O2. The third-order valence-electron chi connectivity index (χ3n) is 3.32. The van der Waals surface area contributed by atoms with E-state index >= 15 is 0 Å². The van der Waals surface area contributed by atoms with Crippen LogP contribution in [0.5, 0.6) is 5.75 Å². The van der Waals surface area contributed by atoms with Crippen molar-refractivity contribution in [1.29, 1.82) is 0 Å². The molecule has 6 heteroatoms. The number of carbonyl (C=O) groups is 1. The summed E-state index contributed by atoms with van der Waals surface area (Å²) in [5, 5.41) is 4.27. The van der Waals surface area contributed by atoms with Gasteiger partial charge in [0.05, 0.1) is 18.4 Å². The van der Waals surface area contributed by atoms with E-state index in [-0.39, 0.29) is 5.91 Å². The Morgan fingerprint density at radius 2 is 2.10 bits per heavy atom. The summed E-state index contributed by atoms with van der Waals surface area (Å²) in [7, 11) is 5.05. The molecule has 0 saturated heterocycles. The molecular weight excluding hydrogens is 256 g/mol. The van der Waals surface area contributed by atoms with Gasteiger partial charge in [-0.25, -0.2) is 4.98 Å². The molecule has 0 unspecified atom stereocenters. The number of nitrogens with zero attached hydrogens (tertiary/aromatic N) is 4. The molecule has 2 heterocycles. The first-order valence-electron chi connectivity index (χ1n) is 6.24. The normalized spacial score (nSPS) is 10.4. The minimum atomic E-state index is -0.148. The lowest BCUT2D eigenvalue weighted by molar-refractivity contribution is 0.0990. The Balaban J connectivity index is 2.43. The van der Waals surface area contributed by atoms with Gasteiger partial charge in [0.1, 0.15) is 0 Å². The Hall–Kier alpha value is -2.37. The van der Waals surface area contributed by atoms with Crippen molar-refractivity contribution < 1.29 is 9.53 Å². The Kier molecular flexibility index (Phi) is 3.74. The lowest BCUT2D eigenvalue weighted by Crippen LogP contribution is -2.28. The number of pyridine rings is 1. The molecule has 0 aliphatic rings. The zero-order chi connectivity index (χ0) is 14.9. The van der Waals surface area contributed by atoms with Crippen LogP contribution in [0.15, 0.2) is 18.3 Å². The van der Waals surface area contributed by atoms with Crippen LogP contribution in [0, 0.1) is 13.8 Å². The summed E-state index contributed by atoms with van der Waals surface area (Å²) in [5.74, 6) is 0.898. The largest absolute Gasteiger partial charge is 0.493 e. The highest BCUT2D eigenvalue weighted by Gasteiger charge is 2.24. The van der Waals surface area contributed by atoms with Crippen LogP contribution in [-0.4, -0.2) is 34.8 Å². The molecule has 0 aliphatic heterocycles. The van der Waals surface area contributed by atoms with Gasteiger partial charge >= 0.3 is 0 Å². The Morgan fingerprint density at radius 3 is 2.65 bits per heavy atom. The fourth-order valence-corrected chi connectivity index (χ4v) is 2.14. The SMILES string of the molecule is COc1cccnc1N(C)C(=O)c1c(C)nn(C)c1C. The summed E-state index contributed by atoms with van der Waals surface area (Å²) < 4.78 is 6.94. The van der Waals surface area contributed by atoms with Gasteiger partial charge in [-0.3, -0.25) is 14.4 Å². The van der Waals surface area contributed by atoms with E-state index in [4.69, 9.17) is 4.74 Å². The van der Waals surface area contributed by atoms with Crippen LogP contribution in [0.1, 0.15) is 21.7 Å². The predicted molar refractivity (Wildman–Crippen MR) is 76.2 cm³/mol. The quantitative estimate of drug-likeness (QED) is 0.855. The molecule has 6 nitrogen and oxygen atoms in total. The second-order valence-corrected chi connectivity index (χ2v) is 4.56. The van der Waals surface area contributed by atoms with Crippen LogP contribution in [0.4, 0.5) is 5.82 Å². The Labute approximate surface area is 118 Å². The number of anilines is 1. The third kappa shape index (κ3) is 2.24. The van der Waals surface area contributed by atoms with Crippen LogP contribution in [0.25, 0.3) is 0 Å². The van der Waals surface area contributed by atoms with E-state index in [1.165, 1.54) is 4.90 Å². The lowest BCUT2D eigenvalue weighted by atomic mass is 10.1. The number of aromatic nitrogens is 3. The second kappa shape index (κ2) is 5.32. The fourth-order valence-electron chi connectivity index (χ4n) is 2.14. The third-order valence-corrected chi connectivity index (χ3v) is 3.32. The fraction of sp³-hybridized carbons (Fsp3) is 0.357. The Bertz CT molecular complexity index is 649. The van der Waals surface area contributed by atoms with E-state index in [0.717, 1.165) is 5.69 Å². The van der Waals surface area contributed by atoms with E-state index in [1.807, 2.05) is 20.9 Å². The maximum Gasteiger partial charge on any atom is 0.263 e. The van der Waals surface area contributed by atoms with Gasteiger partial charge in [-0.15, -0.1) is 0 Å². The minimum Gasteiger partial charge on any atom is -0.493 e. The van der Waals surface area contributed by atoms with Crippen LogP contribution < -0.4 is 9.64 Å². The molecule has 0 spiro atoms. The Morgan fingerprint density at radius 1 is 1.40 bits per heavy atom. The van der Waals surface area contributed by atoms with Crippen molar-refractivity contribution in [3.8, 4) is 5.75 Å². The molecule has 20 heavy (non-hydrogen) atoms. The molecule has 0 N–H and O–H groups in total. The van der Waals surface area contributed by atoms with E-state index in [1.54, 1.807) is 37.2 Å². The zero-order valence-electron chi connectivity index (χ0n) is 12.3. The minimum absolute atomic E-state index is 0.148. The van der Waals surface area contributed by atoms with E-state index in [9.17, 15) is 4.79 Å². The van der Waals surface area contributed by atoms with Gasteiger partial charge in [0.15, 0.2) is 11.6 Å². The summed E-state index contributed by atoms with van der Waals surface area (Å²) in [6.07, 6.45) is 1.63. The van der Waals surface area contributed by atoms with Crippen molar-refractivity contribution >= 4 is 11.7 Å². The number of methoxy groups -OCH3 is 1. The average molecular weight is 274 g/mol. The summed E-state index contributed by atoms with van der Waals surface area (Å²) in [5.41, 5.74) is 2.13. The molecule has 1 amide bonds. The smallest absolute Gasteiger partial charge is 0.263 e. The van der Waals surface area contributed by atoms with Gasteiger partial charge in [0.25, 0.3) is 5.91 Å². The summed E-state index contributed by atoms with van der Waals surface area (Å²) in [4.78, 5) is 18.3. The molecule has 2 rings (SSSR count). The van der Waals surface area contributed by atoms with Gasteiger partial charge in [-0.1, -0.05) is 0 Å². The molecule has 0 bridgehead atoms. The topological polar surface area (TPSA) is 60.2 Å². The van der Waals surface area contributed by atoms with Crippen molar-refractivity contribution in [3.05, 3.63) is 35.3 Å². The van der Waals surface area contributed by atoms with Crippen LogP contribution in [0.3, 0.4) is 0 Å². The lowest BCUT2D eigenvalue weighted by Gasteiger charge is -2.18.